The SMILES string of the molecule is CC(=O)Nc1cccc(-c2cncc(Nc3ccc4c(c3)C(=O)OC4)n2)c1. The van der Waals surface area contributed by atoms with Gasteiger partial charge in [0.1, 0.15) is 12.4 Å². The van der Waals surface area contributed by atoms with Crippen LogP contribution in [0.1, 0.15) is 22.8 Å². The summed E-state index contributed by atoms with van der Waals surface area (Å²) in [4.78, 5) is 31.7. The van der Waals surface area contributed by atoms with Crippen molar-refractivity contribution >= 4 is 29.1 Å². The van der Waals surface area contributed by atoms with Crippen LogP contribution in [0.3, 0.4) is 0 Å². The fraction of sp³-hybridized carbons (Fsp3) is 0.100. The highest BCUT2D eigenvalue weighted by Crippen LogP contribution is 2.26. The number of hydrogen-bond donors (Lipinski definition) is 2. The minimum Gasteiger partial charge on any atom is -0.457 e. The van der Waals surface area contributed by atoms with Gasteiger partial charge in [0, 0.05) is 29.4 Å². The average molecular weight is 360 g/mol. The summed E-state index contributed by atoms with van der Waals surface area (Å²) in [7, 11) is 0. The second-order valence-corrected chi connectivity index (χ2v) is 6.12. The average Bonchev–Trinajstić information content (AvgIpc) is 3.02. The predicted octanol–water partition coefficient (Wildman–Crippen LogP) is 3.52. The Kier molecular flexibility index (Phi) is 4.25. The topological polar surface area (TPSA) is 93.2 Å². The summed E-state index contributed by atoms with van der Waals surface area (Å²) in [6, 6.07) is 12.9. The predicted molar refractivity (Wildman–Crippen MR) is 101 cm³/mol. The molecular weight excluding hydrogens is 344 g/mol. The Balaban J connectivity index is 1.59. The van der Waals surface area contributed by atoms with Gasteiger partial charge in [-0.25, -0.2) is 9.78 Å². The summed E-state index contributed by atoms with van der Waals surface area (Å²) in [6.45, 7) is 1.78. The van der Waals surface area contributed by atoms with E-state index in [1.807, 2.05) is 36.4 Å². The molecule has 0 bridgehead atoms. The van der Waals surface area contributed by atoms with Crippen molar-refractivity contribution in [2.24, 2.45) is 0 Å². The highest BCUT2D eigenvalue weighted by molar-refractivity contribution is 5.94. The number of anilines is 3. The second-order valence-electron chi connectivity index (χ2n) is 6.12. The van der Waals surface area contributed by atoms with Gasteiger partial charge in [0.15, 0.2) is 0 Å². The largest absolute Gasteiger partial charge is 0.457 e. The molecule has 0 saturated heterocycles. The molecule has 3 aromatic rings. The molecule has 0 fully saturated rings. The number of carbonyl (C=O) groups excluding carboxylic acids is 2. The van der Waals surface area contributed by atoms with Gasteiger partial charge in [0.2, 0.25) is 5.91 Å². The number of cyclic esters (lactones) is 1. The van der Waals surface area contributed by atoms with Crippen molar-refractivity contribution in [3.8, 4) is 11.3 Å². The molecule has 0 spiro atoms. The Morgan fingerprint density at radius 3 is 2.85 bits per heavy atom. The molecule has 2 N–H and O–H groups in total. The van der Waals surface area contributed by atoms with Gasteiger partial charge in [-0.05, 0) is 24.3 Å². The van der Waals surface area contributed by atoms with E-state index >= 15 is 0 Å². The second kappa shape index (κ2) is 6.87. The first-order valence-corrected chi connectivity index (χ1v) is 8.35. The molecule has 1 aliphatic rings. The maximum atomic E-state index is 11.7. The van der Waals surface area contributed by atoms with Gasteiger partial charge in [0.25, 0.3) is 0 Å². The monoisotopic (exact) mass is 360 g/mol. The lowest BCUT2D eigenvalue weighted by Gasteiger charge is -2.09. The molecule has 7 nitrogen and oxygen atoms in total. The number of esters is 1. The number of benzene rings is 2. The molecule has 27 heavy (non-hydrogen) atoms. The standard InChI is InChI=1S/C20H16N4O3/c1-12(25)22-15-4-2-3-13(7-15)18-9-21-10-19(24-18)23-16-6-5-14-11-27-20(26)17(14)8-16/h2-10H,11H2,1H3,(H,22,25)(H,23,24). The first kappa shape index (κ1) is 16.7. The zero-order valence-electron chi connectivity index (χ0n) is 14.5. The number of nitrogens with zero attached hydrogens (tertiary/aromatic N) is 2. The first-order valence-electron chi connectivity index (χ1n) is 8.35. The van der Waals surface area contributed by atoms with Gasteiger partial charge >= 0.3 is 5.97 Å². The normalized spacial score (nSPS) is 12.3. The molecule has 0 atom stereocenters. The molecule has 7 heteroatoms. The van der Waals surface area contributed by atoms with Crippen LogP contribution in [0.5, 0.6) is 0 Å². The number of fused-ring (bicyclic) bond motifs is 1. The highest BCUT2D eigenvalue weighted by Gasteiger charge is 2.21. The molecule has 0 saturated carbocycles. The van der Waals surface area contributed by atoms with Crippen molar-refractivity contribution < 1.29 is 14.3 Å². The Morgan fingerprint density at radius 1 is 1.11 bits per heavy atom. The number of ether oxygens (including phenoxy) is 1. The summed E-state index contributed by atoms with van der Waals surface area (Å²) in [5.41, 5.74) is 4.35. The van der Waals surface area contributed by atoms with Crippen LogP contribution in [-0.4, -0.2) is 21.8 Å². The summed E-state index contributed by atoms with van der Waals surface area (Å²) in [5, 5.41) is 5.91. The summed E-state index contributed by atoms with van der Waals surface area (Å²) < 4.78 is 5.02. The van der Waals surface area contributed by atoms with E-state index < -0.39 is 0 Å². The quantitative estimate of drug-likeness (QED) is 0.692. The van der Waals surface area contributed by atoms with Crippen LogP contribution in [0.2, 0.25) is 0 Å². The van der Waals surface area contributed by atoms with Crippen molar-refractivity contribution in [1.82, 2.24) is 9.97 Å². The van der Waals surface area contributed by atoms with Gasteiger partial charge in [0.05, 0.1) is 23.7 Å². The van der Waals surface area contributed by atoms with E-state index in [1.54, 1.807) is 18.5 Å². The Morgan fingerprint density at radius 2 is 2.00 bits per heavy atom. The van der Waals surface area contributed by atoms with Gasteiger partial charge < -0.3 is 15.4 Å². The van der Waals surface area contributed by atoms with Gasteiger partial charge in [-0.3, -0.25) is 9.78 Å². The van der Waals surface area contributed by atoms with Gasteiger partial charge in [-0.15, -0.1) is 0 Å². The van der Waals surface area contributed by atoms with Crippen LogP contribution in [0.25, 0.3) is 11.3 Å². The molecule has 1 amide bonds. The summed E-state index contributed by atoms with van der Waals surface area (Å²) in [5.74, 6) is 0.0933. The third kappa shape index (κ3) is 3.62. The number of aromatic nitrogens is 2. The van der Waals surface area contributed by atoms with Gasteiger partial charge in [-0.2, -0.15) is 0 Å². The fourth-order valence-corrected chi connectivity index (χ4v) is 2.86. The lowest BCUT2D eigenvalue weighted by molar-refractivity contribution is -0.114. The molecule has 0 radical (unpaired) electrons. The smallest absolute Gasteiger partial charge is 0.338 e. The third-order valence-electron chi connectivity index (χ3n) is 4.07. The van der Waals surface area contributed by atoms with Crippen LogP contribution in [0.15, 0.2) is 54.9 Å². The number of carbonyl (C=O) groups is 2. The Hall–Kier alpha value is -3.74. The molecule has 0 unspecified atom stereocenters. The molecule has 0 aliphatic carbocycles. The molecule has 2 heterocycles. The number of nitrogens with one attached hydrogen (secondary N) is 2. The van der Waals surface area contributed by atoms with E-state index in [4.69, 9.17) is 4.74 Å². The van der Waals surface area contributed by atoms with Crippen LogP contribution < -0.4 is 10.6 Å². The lowest BCUT2D eigenvalue weighted by Crippen LogP contribution is -2.05. The van der Waals surface area contributed by atoms with Gasteiger partial charge in [-0.1, -0.05) is 18.2 Å². The first-order chi connectivity index (χ1) is 13.1. The van der Waals surface area contributed by atoms with Crippen molar-refractivity contribution in [3.05, 3.63) is 66.0 Å². The molecule has 1 aliphatic heterocycles. The van der Waals surface area contributed by atoms with Crippen molar-refractivity contribution in [1.29, 1.82) is 0 Å². The van der Waals surface area contributed by atoms with Crippen molar-refractivity contribution in [3.63, 3.8) is 0 Å². The van der Waals surface area contributed by atoms with E-state index in [1.165, 1.54) is 6.92 Å². The van der Waals surface area contributed by atoms with Crippen LogP contribution in [0.4, 0.5) is 17.2 Å². The minimum absolute atomic E-state index is 0.135. The molecule has 134 valence electrons. The van der Waals surface area contributed by atoms with Crippen molar-refractivity contribution in [2.75, 3.05) is 10.6 Å². The third-order valence-corrected chi connectivity index (χ3v) is 4.07. The van der Waals surface area contributed by atoms with E-state index in [9.17, 15) is 9.59 Å². The lowest BCUT2D eigenvalue weighted by atomic mass is 10.1. The van der Waals surface area contributed by atoms with E-state index in [0.29, 0.717) is 29.4 Å². The highest BCUT2D eigenvalue weighted by atomic mass is 16.5. The van der Waals surface area contributed by atoms with E-state index in [2.05, 4.69) is 20.6 Å². The molecular formula is C20H16N4O3. The molecule has 1 aromatic heterocycles. The Labute approximate surface area is 155 Å². The number of rotatable bonds is 4. The maximum absolute atomic E-state index is 11.7. The minimum atomic E-state index is -0.316. The fourth-order valence-electron chi connectivity index (χ4n) is 2.86. The van der Waals surface area contributed by atoms with Crippen LogP contribution in [-0.2, 0) is 16.1 Å². The zero-order valence-corrected chi connectivity index (χ0v) is 14.5. The van der Waals surface area contributed by atoms with Crippen LogP contribution >= 0.6 is 0 Å². The van der Waals surface area contributed by atoms with E-state index in [0.717, 1.165) is 16.8 Å². The molecule has 2 aromatic carbocycles. The number of amides is 1. The number of hydrogen-bond acceptors (Lipinski definition) is 6. The summed E-state index contributed by atoms with van der Waals surface area (Å²) >= 11 is 0. The Bertz CT molecular complexity index is 1050. The molecule has 4 rings (SSSR count). The van der Waals surface area contributed by atoms with Crippen molar-refractivity contribution in [2.45, 2.75) is 13.5 Å². The summed E-state index contributed by atoms with van der Waals surface area (Å²) in [6.07, 6.45) is 3.25. The maximum Gasteiger partial charge on any atom is 0.338 e. The van der Waals surface area contributed by atoms with E-state index in [-0.39, 0.29) is 11.9 Å². The zero-order chi connectivity index (χ0) is 18.8. The van der Waals surface area contributed by atoms with Crippen LogP contribution in [0, 0.1) is 0 Å².